The van der Waals surface area contributed by atoms with E-state index in [0.717, 1.165) is 24.2 Å². The molecule has 1 N–H and O–H groups in total. The van der Waals surface area contributed by atoms with E-state index in [1.807, 2.05) is 19.1 Å². The number of rotatable bonds is 6. The van der Waals surface area contributed by atoms with Crippen molar-refractivity contribution in [1.29, 1.82) is 0 Å². The normalized spacial score (nSPS) is 16.2. The first-order valence-electron chi connectivity index (χ1n) is 10.8. The highest BCUT2D eigenvalue weighted by atomic mass is 16.5. The van der Waals surface area contributed by atoms with Crippen molar-refractivity contribution in [3.63, 3.8) is 0 Å². The quantitative estimate of drug-likeness (QED) is 0.751. The first-order valence-corrected chi connectivity index (χ1v) is 10.8. The highest BCUT2D eigenvalue weighted by Crippen LogP contribution is 2.24. The van der Waals surface area contributed by atoms with Gasteiger partial charge in [0.15, 0.2) is 6.61 Å². The minimum Gasteiger partial charge on any atom is -0.484 e. The molecule has 2 aromatic carbocycles. The van der Waals surface area contributed by atoms with Crippen molar-refractivity contribution in [1.82, 2.24) is 4.90 Å². The standard InChI is InChI=1S/C24H27N3O5/c1-17-20(24(30)26-12-14-31-15-13-26)4-2-5-21(17)25-22(28)16-32-19-9-7-18(8-10-19)27-11-3-6-23(27)29/h2,4-5,7-10H,3,6,11-16H2,1H3,(H,25,28). The average Bonchev–Trinajstić information content (AvgIpc) is 3.25. The zero-order valence-corrected chi connectivity index (χ0v) is 18.1. The van der Waals surface area contributed by atoms with Crippen LogP contribution < -0.4 is 15.0 Å². The van der Waals surface area contributed by atoms with Crippen molar-refractivity contribution < 1.29 is 23.9 Å². The lowest BCUT2D eigenvalue weighted by Crippen LogP contribution is -2.41. The van der Waals surface area contributed by atoms with Crippen molar-refractivity contribution in [2.24, 2.45) is 0 Å². The van der Waals surface area contributed by atoms with E-state index in [1.165, 1.54) is 0 Å². The molecule has 0 unspecified atom stereocenters. The van der Waals surface area contributed by atoms with Crippen LogP contribution in [0.2, 0.25) is 0 Å². The minimum absolute atomic E-state index is 0.0604. The fourth-order valence-electron chi connectivity index (χ4n) is 3.92. The first kappa shape index (κ1) is 21.8. The second kappa shape index (κ2) is 9.82. The van der Waals surface area contributed by atoms with Crippen molar-refractivity contribution in [2.45, 2.75) is 19.8 Å². The second-order valence-corrected chi connectivity index (χ2v) is 7.86. The largest absolute Gasteiger partial charge is 0.484 e. The maximum absolute atomic E-state index is 12.8. The Morgan fingerprint density at radius 3 is 2.50 bits per heavy atom. The zero-order chi connectivity index (χ0) is 22.5. The molecule has 32 heavy (non-hydrogen) atoms. The molecule has 0 atom stereocenters. The summed E-state index contributed by atoms with van der Waals surface area (Å²) < 4.78 is 10.9. The Balaban J connectivity index is 1.34. The van der Waals surface area contributed by atoms with Crippen LogP contribution >= 0.6 is 0 Å². The van der Waals surface area contributed by atoms with Crippen LogP contribution in [0.15, 0.2) is 42.5 Å². The van der Waals surface area contributed by atoms with Gasteiger partial charge in [-0.1, -0.05) is 6.07 Å². The molecule has 168 valence electrons. The van der Waals surface area contributed by atoms with E-state index in [-0.39, 0.29) is 24.3 Å². The topological polar surface area (TPSA) is 88.2 Å². The van der Waals surface area contributed by atoms with Crippen LogP contribution in [0, 0.1) is 6.92 Å². The van der Waals surface area contributed by atoms with Gasteiger partial charge in [-0.3, -0.25) is 14.4 Å². The van der Waals surface area contributed by atoms with Crippen molar-refractivity contribution >= 4 is 29.1 Å². The Kier molecular flexibility index (Phi) is 6.70. The van der Waals surface area contributed by atoms with E-state index in [2.05, 4.69) is 5.32 Å². The molecule has 2 aliphatic heterocycles. The van der Waals surface area contributed by atoms with Gasteiger partial charge < -0.3 is 24.6 Å². The number of amides is 3. The van der Waals surface area contributed by atoms with Gasteiger partial charge in [-0.25, -0.2) is 0 Å². The molecule has 4 rings (SSSR count). The first-order chi connectivity index (χ1) is 15.5. The molecule has 2 fully saturated rings. The highest BCUT2D eigenvalue weighted by Gasteiger charge is 2.22. The molecule has 0 saturated carbocycles. The number of anilines is 2. The minimum atomic E-state index is -0.317. The number of morpholine rings is 1. The Morgan fingerprint density at radius 2 is 1.81 bits per heavy atom. The van der Waals surface area contributed by atoms with E-state index >= 15 is 0 Å². The van der Waals surface area contributed by atoms with E-state index < -0.39 is 0 Å². The maximum Gasteiger partial charge on any atom is 0.262 e. The fourth-order valence-corrected chi connectivity index (χ4v) is 3.92. The summed E-state index contributed by atoms with van der Waals surface area (Å²) >= 11 is 0. The Labute approximate surface area is 187 Å². The summed E-state index contributed by atoms with van der Waals surface area (Å²) in [5, 5.41) is 2.83. The Bertz CT molecular complexity index is 999. The number of ether oxygens (including phenoxy) is 2. The summed E-state index contributed by atoms with van der Waals surface area (Å²) in [4.78, 5) is 40.6. The van der Waals surface area contributed by atoms with Crippen LogP contribution in [0.5, 0.6) is 5.75 Å². The van der Waals surface area contributed by atoms with Crippen molar-refractivity contribution in [3.8, 4) is 5.75 Å². The van der Waals surface area contributed by atoms with Crippen LogP contribution in [0.4, 0.5) is 11.4 Å². The van der Waals surface area contributed by atoms with Gasteiger partial charge in [-0.15, -0.1) is 0 Å². The summed E-state index contributed by atoms with van der Waals surface area (Å²) in [6, 6.07) is 12.4. The van der Waals surface area contributed by atoms with Gasteiger partial charge in [-0.2, -0.15) is 0 Å². The summed E-state index contributed by atoms with van der Waals surface area (Å²) in [6.45, 7) is 4.59. The monoisotopic (exact) mass is 437 g/mol. The Morgan fingerprint density at radius 1 is 1.06 bits per heavy atom. The predicted molar refractivity (Wildman–Crippen MR) is 120 cm³/mol. The lowest BCUT2D eigenvalue weighted by atomic mass is 10.0. The molecule has 2 aliphatic rings. The third-order valence-corrected chi connectivity index (χ3v) is 5.73. The molecule has 0 bridgehead atoms. The number of nitrogens with zero attached hydrogens (tertiary/aromatic N) is 2. The number of carbonyl (C=O) groups excluding carboxylic acids is 3. The molecule has 0 spiro atoms. The molecule has 8 heteroatoms. The van der Waals surface area contributed by atoms with Gasteiger partial charge in [-0.05, 0) is 55.3 Å². The van der Waals surface area contributed by atoms with Crippen LogP contribution in [0.1, 0.15) is 28.8 Å². The van der Waals surface area contributed by atoms with E-state index in [0.29, 0.717) is 49.7 Å². The molecule has 2 aromatic rings. The number of nitrogens with one attached hydrogen (secondary N) is 1. The number of benzene rings is 2. The molecule has 3 amide bonds. The van der Waals surface area contributed by atoms with Gasteiger partial charge in [0.2, 0.25) is 5.91 Å². The van der Waals surface area contributed by atoms with Gasteiger partial charge >= 0.3 is 0 Å². The summed E-state index contributed by atoms with van der Waals surface area (Å²) in [5.74, 6) is 0.295. The smallest absolute Gasteiger partial charge is 0.262 e. The van der Waals surface area contributed by atoms with Gasteiger partial charge in [0.1, 0.15) is 5.75 Å². The van der Waals surface area contributed by atoms with Crippen LogP contribution in [-0.4, -0.2) is 62.1 Å². The lowest BCUT2D eigenvalue weighted by Gasteiger charge is -2.27. The maximum atomic E-state index is 12.8. The van der Waals surface area contributed by atoms with Gasteiger partial charge in [0, 0.05) is 43.0 Å². The molecular formula is C24H27N3O5. The molecule has 2 saturated heterocycles. The summed E-state index contributed by atoms with van der Waals surface area (Å²) in [7, 11) is 0. The molecular weight excluding hydrogens is 410 g/mol. The molecule has 0 radical (unpaired) electrons. The zero-order valence-electron chi connectivity index (χ0n) is 18.1. The molecule has 8 nitrogen and oxygen atoms in total. The van der Waals surface area contributed by atoms with E-state index in [1.54, 1.807) is 40.1 Å². The molecule has 0 aliphatic carbocycles. The van der Waals surface area contributed by atoms with E-state index in [9.17, 15) is 14.4 Å². The molecule has 2 heterocycles. The van der Waals surface area contributed by atoms with Crippen molar-refractivity contribution in [2.75, 3.05) is 49.7 Å². The van der Waals surface area contributed by atoms with Gasteiger partial charge in [0.25, 0.3) is 11.8 Å². The fraction of sp³-hybridized carbons (Fsp3) is 0.375. The predicted octanol–water partition coefficient (Wildman–Crippen LogP) is 2.61. The highest BCUT2D eigenvalue weighted by molar-refractivity contribution is 5.99. The average molecular weight is 437 g/mol. The number of hydrogen-bond donors (Lipinski definition) is 1. The number of carbonyl (C=O) groups is 3. The van der Waals surface area contributed by atoms with Crippen LogP contribution in [0.3, 0.4) is 0 Å². The van der Waals surface area contributed by atoms with Crippen molar-refractivity contribution in [3.05, 3.63) is 53.6 Å². The molecule has 0 aromatic heterocycles. The second-order valence-electron chi connectivity index (χ2n) is 7.86. The Hall–Kier alpha value is -3.39. The van der Waals surface area contributed by atoms with Crippen LogP contribution in [-0.2, 0) is 14.3 Å². The number of hydrogen-bond acceptors (Lipinski definition) is 5. The third-order valence-electron chi connectivity index (χ3n) is 5.73. The van der Waals surface area contributed by atoms with E-state index in [4.69, 9.17) is 9.47 Å². The van der Waals surface area contributed by atoms with Crippen LogP contribution in [0.25, 0.3) is 0 Å². The van der Waals surface area contributed by atoms with Gasteiger partial charge in [0.05, 0.1) is 13.2 Å². The third kappa shape index (κ3) is 4.91. The lowest BCUT2D eigenvalue weighted by molar-refractivity contribution is -0.118. The SMILES string of the molecule is Cc1c(NC(=O)COc2ccc(N3CCCC3=O)cc2)cccc1C(=O)N1CCOCC1. The summed E-state index contributed by atoms with van der Waals surface area (Å²) in [6.07, 6.45) is 1.45. The summed E-state index contributed by atoms with van der Waals surface area (Å²) in [5.41, 5.74) is 2.71.